The summed E-state index contributed by atoms with van der Waals surface area (Å²) in [6.45, 7) is 0. The van der Waals surface area contributed by atoms with Crippen LogP contribution in [0.1, 0.15) is 0 Å². The van der Waals surface area contributed by atoms with Crippen molar-refractivity contribution in [1.29, 1.82) is 0 Å². The summed E-state index contributed by atoms with van der Waals surface area (Å²) < 4.78 is 0. The standard InChI is InChI=1S/2C48H33N.C46H31N/c1-3-13-34(14-4-1)37-23-25-39(26-24-37)47-43-19-9-11-21-45(43)48(46-22-12-10-20-44(46)47)49(42-32-29-36-17-7-8-18-40(36)33-42)41-30-27-38(28-31-41)35-15-5-2-6-16-35;1-3-13-34(14-4-1)37-25-29-41(30-26-37)49(42-31-27-38(28-32-42)35-15-5-2-6-16-35)48-45-21-11-9-19-43(45)47(44-20-10-12-22-46(44)48)40-24-23-36-17-7-8-18-39(36)33-40;1-2-14-32(15-3-1)33-28-30-36(31-29-33)47(44-27-13-19-35-17-5-7-21-38(35)44)46-42-24-10-8-22-40(42)45(41-23-9-11-25-43(41)46)39-26-12-18-34-16-4-6-20-37(34)39/h2*1-33H;1-31H. The van der Waals surface area contributed by atoms with Gasteiger partial charge in [0.25, 0.3) is 0 Å². The van der Waals surface area contributed by atoms with Crippen LogP contribution in [-0.2, 0) is 0 Å². The molecule has 0 saturated carbocycles. The summed E-state index contributed by atoms with van der Waals surface area (Å²) in [7, 11) is 0. The molecule has 0 bridgehead atoms. The molecule has 27 aromatic rings. The second-order valence-corrected chi connectivity index (χ2v) is 37.2. The van der Waals surface area contributed by atoms with Gasteiger partial charge in [-0.15, -0.1) is 0 Å². The molecule has 27 rings (SSSR count). The van der Waals surface area contributed by atoms with Crippen LogP contribution in [0.15, 0.2) is 588 Å². The normalized spacial score (nSPS) is 11.3. The molecule has 0 aliphatic heterocycles. The van der Waals surface area contributed by atoms with Gasteiger partial charge in [-0.1, -0.05) is 516 Å². The first-order valence-electron chi connectivity index (χ1n) is 49.9. The molecule has 27 aromatic carbocycles. The van der Waals surface area contributed by atoms with Crippen molar-refractivity contribution in [3.63, 3.8) is 0 Å². The van der Waals surface area contributed by atoms with E-state index in [-0.39, 0.29) is 0 Å². The van der Waals surface area contributed by atoms with E-state index < -0.39 is 0 Å². The van der Waals surface area contributed by atoms with E-state index in [1.54, 1.807) is 0 Å². The van der Waals surface area contributed by atoms with Crippen LogP contribution in [0.25, 0.3) is 197 Å². The van der Waals surface area contributed by atoms with Crippen LogP contribution in [0.3, 0.4) is 0 Å². The van der Waals surface area contributed by atoms with Crippen LogP contribution in [0.4, 0.5) is 51.2 Å². The van der Waals surface area contributed by atoms with E-state index in [0.29, 0.717) is 0 Å². The number of benzene rings is 27. The van der Waals surface area contributed by atoms with E-state index >= 15 is 0 Å². The van der Waals surface area contributed by atoms with E-state index in [2.05, 4.69) is 603 Å². The zero-order valence-electron chi connectivity index (χ0n) is 79.8. The third-order valence-corrected chi connectivity index (χ3v) is 28.7. The van der Waals surface area contributed by atoms with E-state index in [0.717, 1.165) is 34.1 Å². The molecule has 145 heavy (non-hydrogen) atoms. The van der Waals surface area contributed by atoms with Crippen LogP contribution >= 0.6 is 0 Å². The van der Waals surface area contributed by atoms with Gasteiger partial charge in [0.2, 0.25) is 0 Å². The molecule has 0 atom stereocenters. The lowest BCUT2D eigenvalue weighted by atomic mass is 9.87. The maximum Gasteiger partial charge on any atom is 0.0619 e. The Balaban J connectivity index is 0.000000114. The first-order valence-corrected chi connectivity index (χ1v) is 49.9. The zero-order valence-corrected chi connectivity index (χ0v) is 79.8. The molecule has 0 spiro atoms. The van der Waals surface area contributed by atoms with Crippen molar-refractivity contribution in [2.24, 2.45) is 0 Å². The number of rotatable bonds is 17. The first-order chi connectivity index (χ1) is 72.0. The Morgan fingerprint density at radius 2 is 0.324 bits per heavy atom. The molecule has 0 heterocycles. The average Bonchev–Trinajstić information content (AvgIpc) is 0.729. The van der Waals surface area contributed by atoms with Gasteiger partial charge in [-0.3, -0.25) is 0 Å². The summed E-state index contributed by atoms with van der Waals surface area (Å²) >= 11 is 0. The van der Waals surface area contributed by atoms with Crippen LogP contribution in [0.5, 0.6) is 0 Å². The Morgan fingerprint density at radius 3 is 0.697 bits per heavy atom. The molecule has 0 N–H and O–H groups in total. The Labute approximate surface area is 844 Å². The molecule has 0 amide bonds. The van der Waals surface area contributed by atoms with Crippen molar-refractivity contribution in [3.8, 4) is 89.0 Å². The zero-order chi connectivity index (χ0) is 96.3. The van der Waals surface area contributed by atoms with Gasteiger partial charge < -0.3 is 14.7 Å². The number of hydrogen-bond acceptors (Lipinski definition) is 3. The lowest BCUT2D eigenvalue weighted by molar-refractivity contribution is 1.31. The van der Waals surface area contributed by atoms with Crippen LogP contribution in [0, 0.1) is 0 Å². The Morgan fingerprint density at radius 1 is 0.103 bits per heavy atom. The Bertz CT molecular complexity index is 9180. The van der Waals surface area contributed by atoms with Crippen molar-refractivity contribution in [2.45, 2.75) is 0 Å². The summed E-state index contributed by atoms with van der Waals surface area (Å²) in [5, 5.41) is 24.6. The topological polar surface area (TPSA) is 9.72 Å². The molecule has 0 aliphatic rings. The highest BCUT2D eigenvalue weighted by Gasteiger charge is 2.29. The number of anilines is 9. The largest absolute Gasteiger partial charge is 0.309 e. The molecular formula is C142H97N3. The Kier molecular flexibility index (Phi) is 23.5. The smallest absolute Gasteiger partial charge is 0.0619 e. The number of nitrogens with zero attached hydrogens (tertiary/aromatic N) is 3. The first kappa shape index (κ1) is 87.4. The van der Waals surface area contributed by atoms with Crippen molar-refractivity contribution in [2.75, 3.05) is 14.7 Å². The van der Waals surface area contributed by atoms with E-state index in [1.807, 2.05) is 0 Å². The molecule has 680 valence electrons. The van der Waals surface area contributed by atoms with E-state index in [1.165, 1.54) is 214 Å². The molecule has 0 fully saturated rings. The lowest BCUT2D eigenvalue weighted by Gasteiger charge is -2.30. The number of hydrogen-bond donors (Lipinski definition) is 0. The highest BCUT2D eigenvalue weighted by molar-refractivity contribution is 6.27. The fourth-order valence-corrected chi connectivity index (χ4v) is 21.9. The quantitative estimate of drug-likeness (QED) is 0.0842. The molecule has 0 aliphatic carbocycles. The third kappa shape index (κ3) is 16.8. The molecular weight excluding hydrogens is 1750 g/mol. The lowest BCUT2D eigenvalue weighted by Crippen LogP contribution is -2.12. The molecule has 0 radical (unpaired) electrons. The highest BCUT2D eigenvalue weighted by Crippen LogP contribution is 2.55. The minimum Gasteiger partial charge on any atom is -0.309 e. The van der Waals surface area contributed by atoms with Gasteiger partial charge in [0.1, 0.15) is 0 Å². The summed E-state index contributed by atoms with van der Waals surface area (Å²) in [4.78, 5) is 7.38. The molecule has 0 saturated heterocycles. The van der Waals surface area contributed by atoms with Crippen molar-refractivity contribution >= 4 is 159 Å². The minimum atomic E-state index is 1.11. The van der Waals surface area contributed by atoms with Gasteiger partial charge in [-0.05, 0) is 232 Å². The molecule has 3 heteroatoms. The molecule has 3 nitrogen and oxygen atoms in total. The van der Waals surface area contributed by atoms with Gasteiger partial charge in [0.05, 0.1) is 22.7 Å². The van der Waals surface area contributed by atoms with E-state index in [9.17, 15) is 0 Å². The van der Waals surface area contributed by atoms with Crippen molar-refractivity contribution in [1.82, 2.24) is 0 Å². The van der Waals surface area contributed by atoms with Crippen molar-refractivity contribution in [3.05, 3.63) is 588 Å². The molecule has 0 aromatic heterocycles. The van der Waals surface area contributed by atoms with Crippen LogP contribution in [0.2, 0.25) is 0 Å². The third-order valence-electron chi connectivity index (χ3n) is 28.7. The van der Waals surface area contributed by atoms with Gasteiger partial charge in [-0.25, -0.2) is 0 Å². The summed E-state index contributed by atoms with van der Waals surface area (Å²) in [5.41, 5.74) is 29.9. The van der Waals surface area contributed by atoms with Gasteiger partial charge in [0.15, 0.2) is 0 Å². The van der Waals surface area contributed by atoms with Gasteiger partial charge >= 0.3 is 0 Å². The summed E-state index contributed by atoms with van der Waals surface area (Å²) in [6.07, 6.45) is 0. The summed E-state index contributed by atoms with van der Waals surface area (Å²) in [6, 6.07) is 213. The van der Waals surface area contributed by atoms with Gasteiger partial charge in [0, 0.05) is 66.1 Å². The maximum absolute atomic E-state index is 2.48. The second-order valence-electron chi connectivity index (χ2n) is 37.2. The van der Waals surface area contributed by atoms with Gasteiger partial charge in [-0.2, -0.15) is 0 Å². The predicted molar refractivity (Wildman–Crippen MR) is 622 cm³/mol. The Hall–Kier alpha value is -19.1. The summed E-state index contributed by atoms with van der Waals surface area (Å²) in [5.74, 6) is 0. The maximum atomic E-state index is 2.48. The average molecular weight is 1850 g/mol. The van der Waals surface area contributed by atoms with Crippen LogP contribution in [-0.4, -0.2) is 0 Å². The fraction of sp³-hybridized carbons (Fsp3) is 0. The number of fused-ring (bicyclic) bond motifs is 10. The monoisotopic (exact) mass is 1840 g/mol. The SMILES string of the molecule is c1ccc(-c2ccc(-c3c4ccccc4c(N(c4ccc(-c5ccccc5)cc4)c4ccc5ccccc5c4)c4ccccc34)cc2)cc1.c1ccc(-c2ccc(N(c3ccc(-c4ccccc4)cc3)c3c4ccccc4c(-c4ccc5ccccc5c4)c4ccccc34)cc2)cc1.c1ccc(-c2ccc(N(c3cccc4ccccc34)c3c4ccccc4c(-c4cccc5ccccc45)c4ccccc34)cc2)cc1. The molecule has 0 unspecified atom stereocenters. The second kappa shape index (κ2) is 39.0. The van der Waals surface area contributed by atoms with E-state index in [4.69, 9.17) is 0 Å². The highest BCUT2D eigenvalue weighted by atomic mass is 15.2. The fourth-order valence-electron chi connectivity index (χ4n) is 21.9. The predicted octanol–water partition coefficient (Wildman–Crippen LogP) is 40.3. The van der Waals surface area contributed by atoms with Crippen LogP contribution < -0.4 is 14.7 Å². The minimum absolute atomic E-state index is 1.11. The van der Waals surface area contributed by atoms with Crippen molar-refractivity contribution < 1.29 is 0 Å².